The highest BCUT2D eigenvalue weighted by atomic mass is 14.5. The zero-order valence-corrected chi connectivity index (χ0v) is 40.8. The van der Waals surface area contributed by atoms with E-state index in [0.29, 0.717) is 17.8 Å². The number of hydrogen-bond acceptors (Lipinski definition) is 2. The van der Waals surface area contributed by atoms with E-state index >= 15 is 0 Å². The van der Waals surface area contributed by atoms with Crippen molar-refractivity contribution in [2.24, 2.45) is 0 Å². The van der Waals surface area contributed by atoms with Gasteiger partial charge < -0.3 is 11.5 Å². The first-order chi connectivity index (χ1) is 30.4. The third-order valence-electron chi connectivity index (χ3n) is 14.1. The Hall–Kier alpha value is -3.52. The zero-order valence-electron chi connectivity index (χ0n) is 40.8. The lowest BCUT2D eigenvalue weighted by molar-refractivity contribution is 0.540. The fourth-order valence-electron chi connectivity index (χ4n) is 10.3. The highest BCUT2D eigenvalue weighted by Crippen LogP contribution is 2.38. The van der Waals surface area contributed by atoms with Crippen LogP contribution in [0.3, 0.4) is 0 Å². The highest BCUT2D eigenvalue weighted by molar-refractivity contribution is 5.50. The molecule has 4 rings (SSSR count). The van der Waals surface area contributed by atoms with E-state index in [-0.39, 0.29) is 0 Å². The van der Waals surface area contributed by atoms with Gasteiger partial charge in [-0.3, -0.25) is 0 Å². The Kier molecular flexibility index (Phi) is 25.2. The predicted octanol–water partition coefficient (Wildman–Crippen LogP) is 18.8. The van der Waals surface area contributed by atoms with Crippen LogP contribution in [0.4, 0.5) is 11.4 Å². The molecule has 0 saturated carbocycles. The summed E-state index contributed by atoms with van der Waals surface area (Å²) in [5.74, 6) is 1.20. The molecule has 0 amide bonds. The molecule has 4 aromatic rings. The van der Waals surface area contributed by atoms with Gasteiger partial charge in [0.25, 0.3) is 0 Å². The molecule has 0 aliphatic rings. The summed E-state index contributed by atoms with van der Waals surface area (Å²) in [5, 5.41) is 0. The number of nitrogen functional groups attached to an aromatic ring is 2. The lowest BCUT2D eigenvalue weighted by Crippen LogP contribution is -2.07. The van der Waals surface area contributed by atoms with Crippen molar-refractivity contribution in [3.05, 3.63) is 129 Å². The van der Waals surface area contributed by atoms with E-state index in [9.17, 15) is 0 Å². The number of nitrogens with two attached hydrogens (primary N) is 2. The molecule has 4 aromatic carbocycles. The maximum absolute atomic E-state index is 6.27. The number of hydrogen-bond donors (Lipinski definition) is 2. The van der Waals surface area contributed by atoms with Crippen LogP contribution in [0.15, 0.2) is 84.9 Å². The third kappa shape index (κ3) is 18.3. The van der Waals surface area contributed by atoms with Crippen LogP contribution in [0, 0.1) is 13.8 Å². The normalized spacial score (nSPS) is 13.0. The largest absolute Gasteiger partial charge is 0.399 e. The minimum absolute atomic E-state index is 0.398. The molecule has 2 atom stereocenters. The lowest BCUT2D eigenvalue weighted by atomic mass is 9.80. The van der Waals surface area contributed by atoms with Gasteiger partial charge in [0.1, 0.15) is 0 Å². The van der Waals surface area contributed by atoms with E-state index in [1.165, 1.54) is 224 Å². The van der Waals surface area contributed by atoms with Gasteiger partial charge in [0, 0.05) is 29.1 Å². The molecule has 2 nitrogen and oxygen atoms in total. The predicted molar refractivity (Wildman–Crippen MR) is 276 cm³/mol. The van der Waals surface area contributed by atoms with Gasteiger partial charge in [-0.2, -0.15) is 0 Å². The number of benzene rings is 4. The van der Waals surface area contributed by atoms with Gasteiger partial charge in [0.15, 0.2) is 0 Å². The van der Waals surface area contributed by atoms with Gasteiger partial charge in [-0.05, 0) is 102 Å². The Morgan fingerprint density at radius 2 is 0.548 bits per heavy atom. The summed E-state index contributed by atoms with van der Waals surface area (Å²) < 4.78 is 0. The fraction of sp³-hybridized carbons (Fsp3) is 0.600. The molecule has 0 radical (unpaired) electrons. The maximum Gasteiger partial charge on any atom is 0.0316 e. The van der Waals surface area contributed by atoms with Crippen LogP contribution < -0.4 is 11.5 Å². The fourth-order valence-corrected chi connectivity index (χ4v) is 10.3. The summed E-state index contributed by atoms with van der Waals surface area (Å²) in [6.45, 7) is 11.4. The Balaban J connectivity index is 1.49. The average Bonchev–Trinajstić information content (AvgIpc) is 3.27. The maximum atomic E-state index is 6.27. The number of rotatable bonds is 34. The summed E-state index contributed by atoms with van der Waals surface area (Å²) >= 11 is 0. The smallest absolute Gasteiger partial charge is 0.0316 e. The lowest BCUT2D eigenvalue weighted by Gasteiger charge is -2.24. The molecule has 0 heterocycles. The minimum atomic E-state index is 0.398. The van der Waals surface area contributed by atoms with Gasteiger partial charge in [-0.15, -0.1) is 0 Å². The van der Waals surface area contributed by atoms with E-state index in [4.69, 9.17) is 11.5 Å². The molecule has 0 fully saturated rings. The molecule has 2 unspecified atom stereocenters. The monoisotopic (exact) mass is 841 g/mol. The van der Waals surface area contributed by atoms with Gasteiger partial charge in [0.2, 0.25) is 0 Å². The summed E-state index contributed by atoms with van der Waals surface area (Å²) in [7, 11) is 0. The number of unbranched alkanes of at least 4 members (excludes halogenated alkanes) is 22. The Morgan fingerprint density at radius 1 is 0.306 bits per heavy atom. The van der Waals surface area contributed by atoms with Crippen molar-refractivity contribution in [3.63, 3.8) is 0 Å². The molecule has 0 aromatic heterocycles. The Bertz CT molecular complexity index is 1610. The van der Waals surface area contributed by atoms with E-state index in [1.54, 1.807) is 0 Å². The van der Waals surface area contributed by atoms with Crippen LogP contribution >= 0.6 is 0 Å². The van der Waals surface area contributed by atoms with Crippen LogP contribution in [0.5, 0.6) is 0 Å². The summed E-state index contributed by atoms with van der Waals surface area (Å²) in [6.07, 6.45) is 37.5. The second-order valence-electron chi connectivity index (χ2n) is 19.4. The van der Waals surface area contributed by atoms with Crippen LogP contribution in [0.25, 0.3) is 0 Å². The molecule has 0 aliphatic carbocycles. The van der Waals surface area contributed by atoms with Gasteiger partial charge in [-0.1, -0.05) is 242 Å². The van der Waals surface area contributed by atoms with Crippen LogP contribution in [-0.2, 0) is 0 Å². The Morgan fingerprint density at radius 3 is 0.823 bits per heavy atom. The topological polar surface area (TPSA) is 52.0 Å². The zero-order chi connectivity index (χ0) is 44.2. The van der Waals surface area contributed by atoms with Crippen LogP contribution in [-0.4, -0.2) is 0 Å². The van der Waals surface area contributed by atoms with Gasteiger partial charge in [-0.25, -0.2) is 0 Å². The molecule has 0 bridgehead atoms. The Labute approximate surface area is 382 Å². The van der Waals surface area contributed by atoms with Crippen molar-refractivity contribution < 1.29 is 0 Å². The molecule has 0 saturated heterocycles. The van der Waals surface area contributed by atoms with Gasteiger partial charge >= 0.3 is 0 Å². The van der Waals surface area contributed by atoms with Crippen LogP contribution in [0.1, 0.15) is 263 Å². The summed E-state index contributed by atoms with van der Waals surface area (Å²) in [5.41, 5.74) is 25.6. The second-order valence-corrected chi connectivity index (χ2v) is 19.4. The molecule has 342 valence electrons. The van der Waals surface area contributed by atoms with Crippen molar-refractivity contribution in [1.82, 2.24) is 0 Å². The van der Waals surface area contributed by atoms with Crippen molar-refractivity contribution in [1.29, 1.82) is 0 Å². The molecular weight excluding hydrogens is 749 g/mol. The molecule has 2 heteroatoms. The SMILES string of the molecule is CCCCCCCCCCCCC(c1ccc(C(CCCCCCC)c2ccc(C(CCCCCCCCCCCC)c3ccc(N)cc3C)cc2)cc1)c1ccc(N)cc1C. The molecule has 0 spiro atoms. The second kappa shape index (κ2) is 30.5. The van der Waals surface area contributed by atoms with Gasteiger partial charge in [0.05, 0.1) is 0 Å². The molecule has 4 N–H and O–H groups in total. The molecule has 62 heavy (non-hydrogen) atoms. The minimum Gasteiger partial charge on any atom is -0.399 e. The highest BCUT2D eigenvalue weighted by Gasteiger charge is 2.21. The summed E-state index contributed by atoms with van der Waals surface area (Å²) in [6, 6.07) is 32.9. The molecule has 0 aliphatic heterocycles. The van der Waals surface area contributed by atoms with E-state index in [0.717, 1.165) is 11.4 Å². The van der Waals surface area contributed by atoms with E-state index in [1.807, 2.05) is 0 Å². The van der Waals surface area contributed by atoms with Crippen molar-refractivity contribution >= 4 is 11.4 Å². The molecular formula is C60H92N2. The number of anilines is 2. The first-order valence-electron chi connectivity index (χ1n) is 26.3. The summed E-state index contributed by atoms with van der Waals surface area (Å²) in [4.78, 5) is 0. The first-order valence-corrected chi connectivity index (χ1v) is 26.3. The van der Waals surface area contributed by atoms with Crippen molar-refractivity contribution in [3.8, 4) is 0 Å². The quantitative estimate of drug-likeness (QED) is 0.0364. The van der Waals surface area contributed by atoms with Crippen molar-refractivity contribution in [2.75, 3.05) is 11.5 Å². The van der Waals surface area contributed by atoms with E-state index < -0.39 is 0 Å². The first kappa shape index (κ1) is 51.1. The third-order valence-corrected chi connectivity index (χ3v) is 14.1. The van der Waals surface area contributed by atoms with Crippen LogP contribution in [0.2, 0.25) is 0 Å². The standard InChI is InChI=1S/C60H92N2/c1-6-9-12-15-17-19-21-23-26-29-32-59(56-44-42-54(61)46-48(56)4)52-38-34-50(35-39-52)58(31-28-25-14-11-8-3)51-36-40-53(41-37-51)60(57-45-43-55(62)47-49(57)5)33-30-27-24-22-20-18-16-13-10-7-2/h34-47,58-60H,6-33,61-62H2,1-5H3. The van der Waals surface area contributed by atoms with Crippen molar-refractivity contribution in [2.45, 2.75) is 232 Å². The average molecular weight is 841 g/mol. The van der Waals surface area contributed by atoms with E-state index in [2.05, 4.69) is 120 Å². The number of aryl methyl sites for hydroxylation is 2.